The Kier molecular flexibility index (Phi) is 10.4. The van der Waals surface area contributed by atoms with Crippen molar-refractivity contribution in [3.05, 3.63) is 23.5 Å². The van der Waals surface area contributed by atoms with Crippen molar-refractivity contribution >= 4 is 45.7 Å². The van der Waals surface area contributed by atoms with Crippen LogP contribution in [-0.4, -0.2) is 64.5 Å². The van der Waals surface area contributed by atoms with E-state index in [2.05, 4.69) is 26.2 Å². The number of halogens is 1. The molecular weight excluding hydrogens is 540 g/mol. The quantitative estimate of drug-likeness (QED) is 0.294. The molecule has 1 aliphatic heterocycles. The Labute approximate surface area is 217 Å². The zero-order valence-electron chi connectivity index (χ0n) is 21.0. The predicted octanol–water partition coefficient (Wildman–Crippen LogP) is 2.26. The first-order valence-electron chi connectivity index (χ1n) is 11.6. The third kappa shape index (κ3) is 7.25. The fraction of sp³-hybridized carbons (Fsp3) is 0.583. The van der Waals surface area contributed by atoms with E-state index in [0.29, 0.717) is 5.56 Å². The van der Waals surface area contributed by atoms with Crippen molar-refractivity contribution in [2.24, 2.45) is 11.8 Å². The van der Waals surface area contributed by atoms with Crippen LogP contribution in [0.3, 0.4) is 0 Å². The van der Waals surface area contributed by atoms with Crippen molar-refractivity contribution in [3.63, 3.8) is 0 Å². The van der Waals surface area contributed by atoms with Gasteiger partial charge in [-0.25, -0.2) is 9.78 Å². The molecule has 1 N–H and O–H groups in total. The lowest BCUT2D eigenvalue weighted by atomic mass is 9.95. The molecule has 0 aliphatic carbocycles. The molecule has 11 nitrogen and oxygen atoms in total. The van der Waals surface area contributed by atoms with Crippen LogP contribution in [0.2, 0.25) is 0 Å². The van der Waals surface area contributed by atoms with E-state index in [1.807, 2.05) is 0 Å². The van der Waals surface area contributed by atoms with Crippen LogP contribution in [0.1, 0.15) is 57.1 Å². The predicted molar refractivity (Wildman–Crippen MR) is 129 cm³/mol. The lowest BCUT2D eigenvalue weighted by Crippen LogP contribution is -2.47. The van der Waals surface area contributed by atoms with E-state index in [1.54, 1.807) is 40.7 Å². The zero-order chi connectivity index (χ0) is 27.2. The van der Waals surface area contributed by atoms with Gasteiger partial charge >= 0.3 is 23.9 Å². The number of cyclic esters (lactones) is 2. The second kappa shape index (κ2) is 12.8. The van der Waals surface area contributed by atoms with E-state index in [4.69, 9.17) is 18.9 Å². The Bertz CT molecular complexity index is 1010. The number of nitrogens with one attached hydrogen (secondary N) is 1. The third-order valence-electron chi connectivity index (χ3n) is 5.45. The first-order valence-corrected chi connectivity index (χ1v) is 12.5. The molecule has 1 aromatic rings. The highest BCUT2D eigenvalue weighted by Crippen LogP contribution is 2.25. The molecule has 36 heavy (non-hydrogen) atoms. The first-order chi connectivity index (χ1) is 16.9. The number of ether oxygens (including phenoxy) is 4. The van der Waals surface area contributed by atoms with E-state index in [9.17, 15) is 24.0 Å². The highest BCUT2D eigenvalue weighted by atomic mass is 79.9. The normalized spacial score (nSPS) is 23.3. The summed E-state index contributed by atoms with van der Waals surface area (Å²) in [6.07, 6.45) is -0.444. The number of hydrogen-bond donors (Lipinski definition) is 1. The van der Waals surface area contributed by atoms with Gasteiger partial charge in [0.1, 0.15) is 17.5 Å². The summed E-state index contributed by atoms with van der Waals surface area (Å²) in [4.78, 5) is 66.4. The van der Waals surface area contributed by atoms with Crippen molar-refractivity contribution in [1.82, 2.24) is 10.3 Å². The molecule has 1 saturated heterocycles. The van der Waals surface area contributed by atoms with Crippen molar-refractivity contribution in [2.45, 2.75) is 71.0 Å². The van der Waals surface area contributed by atoms with Crippen LogP contribution in [0.4, 0.5) is 0 Å². The minimum atomic E-state index is -1.39. The maximum absolute atomic E-state index is 13.0. The van der Waals surface area contributed by atoms with Gasteiger partial charge in [0.2, 0.25) is 0 Å². The molecule has 1 fully saturated rings. The van der Waals surface area contributed by atoms with Crippen molar-refractivity contribution in [2.75, 3.05) is 6.61 Å². The van der Waals surface area contributed by atoms with Crippen molar-refractivity contribution < 1.29 is 42.9 Å². The Balaban J connectivity index is 2.29. The van der Waals surface area contributed by atoms with Crippen molar-refractivity contribution in [3.8, 4) is 5.75 Å². The maximum atomic E-state index is 13.0. The molecule has 0 bridgehead atoms. The smallest absolute Gasteiger partial charge is 0.332 e. The average molecular weight is 571 g/mol. The first kappa shape index (κ1) is 29.2. The number of rotatable bonds is 7. The lowest BCUT2D eigenvalue weighted by Gasteiger charge is -2.29. The Morgan fingerprint density at radius 3 is 2.44 bits per heavy atom. The van der Waals surface area contributed by atoms with E-state index in [1.165, 1.54) is 13.1 Å². The highest BCUT2D eigenvalue weighted by molar-refractivity contribution is 9.10. The van der Waals surface area contributed by atoms with E-state index in [-0.39, 0.29) is 17.9 Å². The van der Waals surface area contributed by atoms with Gasteiger partial charge in [-0.05, 0) is 38.8 Å². The monoisotopic (exact) mass is 570 g/mol. The zero-order valence-corrected chi connectivity index (χ0v) is 22.6. The summed E-state index contributed by atoms with van der Waals surface area (Å²) in [5, 5.41) is 2.43. The number of pyridine rings is 1. The standard InChI is InChI=1S/C24H31BrN2O9/c1-7-15-19(36-21(29)11(2)3)14(6)34-24(32)16(10-33-23(15)31)27-20(28)17-18(12(4)8-9-26-17)35-22(30)13(5)25/h8-9,11,13-16,19H,7,10H2,1-6H3,(H,27,28)/t13?,14-,15+,16-,19-/m0/s1. The van der Waals surface area contributed by atoms with Gasteiger partial charge < -0.3 is 24.3 Å². The van der Waals surface area contributed by atoms with Crippen LogP contribution in [0.15, 0.2) is 12.3 Å². The largest absolute Gasteiger partial charge is 0.463 e. The van der Waals surface area contributed by atoms with Gasteiger partial charge in [0.25, 0.3) is 5.91 Å². The summed E-state index contributed by atoms with van der Waals surface area (Å²) >= 11 is 3.11. The van der Waals surface area contributed by atoms with Crippen molar-refractivity contribution in [1.29, 1.82) is 0 Å². The SMILES string of the molecule is CC[C@H]1C(=O)OC[C@H](NC(=O)c2nccc(C)c2OC(=O)C(C)Br)C(=O)O[C@@H](C)[C@@H]1OC(=O)C(C)C. The van der Waals surface area contributed by atoms with Crippen LogP contribution < -0.4 is 10.1 Å². The molecule has 1 amide bonds. The molecule has 1 aliphatic rings. The number of esters is 4. The summed E-state index contributed by atoms with van der Waals surface area (Å²) in [7, 11) is 0. The van der Waals surface area contributed by atoms with Gasteiger partial charge in [0.05, 0.1) is 11.8 Å². The number of aryl methyl sites for hydroxylation is 1. The summed E-state index contributed by atoms with van der Waals surface area (Å²) in [6, 6.07) is 0.168. The van der Waals surface area contributed by atoms with Gasteiger partial charge in [-0.3, -0.25) is 19.2 Å². The number of nitrogens with zero attached hydrogens (tertiary/aromatic N) is 1. The van der Waals surface area contributed by atoms with E-state index < -0.39 is 71.3 Å². The number of alkyl halides is 1. The minimum Gasteiger partial charge on any atom is -0.463 e. The number of aromatic nitrogens is 1. The third-order valence-corrected chi connectivity index (χ3v) is 5.83. The van der Waals surface area contributed by atoms with Gasteiger partial charge in [-0.1, -0.05) is 36.7 Å². The van der Waals surface area contributed by atoms with Crippen LogP contribution in [0.25, 0.3) is 0 Å². The second-order valence-corrected chi connectivity index (χ2v) is 10.1. The van der Waals surface area contributed by atoms with Gasteiger partial charge in [0.15, 0.2) is 23.6 Å². The Hall–Kier alpha value is -3.02. The molecule has 198 valence electrons. The molecule has 5 atom stereocenters. The highest BCUT2D eigenvalue weighted by Gasteiger charge is 2.41. The molecule has 0 saturated carbocycles. The number of hydrogen-bond acceptors (Lipinski definition) is 10. The average Bonchev–Trinajstić information content (AvgIpc) is 2.84. The molecule has 1 aromatic heterocycles. The van der Waals surface area contributed by atoms with Gasteiger partial charge in [0, 0.05) is 6.20 Å². The van der Waals surface area contributed by atoms with E-state index in [0.717, 1.165) is 0 Å². The molecule has 0 aromatic carbocycles. The number of carbonyl (C=O) groups is 5. The molecular formula is C24H31BrN2O9. The summed E-state index contributed by atoms with van der Waals surface area (Å²) in [6.45, 7) is 9.17. The van der Waals surface area contributed by atoms with E-state index >= 15 is 0 Å². The maximum Gasteiger partial charge on any atom is 0.332 e. The van der Waals surface area contributed by atoms with Crippen LogP contribution in [-0.2, 0) is 33.4 Å². The topological polar surface area (TPSA) is 147 Å². The molecule has 2 rings (SSSR count). The van der Waals surface area contributed by atoms with Crippen LogP contribution in [0, 0.1) is 18.8 Å². The summed E-state index contributed by atoms with van der Waals surface area (Å²) in [5.74, 6) is -5.03. The minimum absolute atomic E-state index is 0.0696. The Morgan fingerprint density at radius 2 is 1.86 bits per heavy atom. The molecule has 0 radical (unpaired) electrons. The van der Waals surface area contributed by atoms with Crippen LogP contribution in [0.5, 0.6) is 5.75 Å². The molecule has 12 heteroatoms. The van der Waals surface area contributed by atoms with Crippen LogP contribution >= 0.6 is 15.9 Å². The second-order valence-electron chi connectivity index (χ2n) is 8.71. The molecule has 2 heterocycles. The Morgan fingerprint density at radius 1 is 1.19 bits per heavy atom. The molecule has 0 spiro atoms. The van der Waals surface area contributed by atoms with Gasteiger partial charge in [-0.2, -0.15) is 0 Å². The molecule has 1 unspecified atom stereocenters. The number of carbonyl (C=O) groups excluding carboxylic acids is 5. The van der Waals surface area contributed by atoms with Gasteiger partial charge in [-0.15, -0.1) is 0 Å². The summed E-state index contributed by atoms with van der Waals surface area (Å²) in [5.41, 5.74) is 0.230. The fourth-order valence-electron chi connectivity index (χ4n) is 3.33. The fourth-order valence-corrected chi connectivity index (χ4v) is 3.42. The lowest BCUT2D eigenvalue weighted by molar-refractivity contribution is -0.176. The summed E-state index contributed by atoms with van der Waals surface area (Å²) < 4.78 is 21.6. The number of amides is 1.